The molecule has 2 amide bonds. The van der Waals surface area contributed by atoms with Crippen molar-refractivity contribution in [2.75, 3.05) is 51.3 Å². The number of hydrogen-bond acceptors (Lipinski definition) is 5. The molecule has 0 radical (unpaired) electrons. The van der Waals surface area contributed by atoms with Gasteiger partial charge in [0.1, 0.15) is 0 Å². The monoisotopic (exact) mass is 396 g/mol. The summed E-state index contributed by atoms with van der Waals surface area (Å²) >= 11 is 0. The number of sulfonamides is 1. The highest BCUT2D eigenvalue weighted by Gasteiger charge is 2.26. The van der Waals surface area contributed by atoms with Gasteiger partial charge in [-0.2, -0.15) is 4.31 Å². The molecular weight excluding hydrogens is 368 g/mol. The molecule has 2 fully saturated rings. The number of nitrogens with one attached hydrogen (secondary N) is 2. The number of urea groups is 1. The minimum absolute atomic E-state index is 0.146. The molecule has 3 rings (SSSR count). The highest BCUT2D eigenvalue weighted by Crippen LogP contribution is 2.20. The van der Waals surface area contributed by atoms with Crippen LogP contribution in [-0.4, -0.2) is 75.6 Å². The van der Waals surface area contributed by atoms with Crippen molar-refractivity contribution in [3.63, 3.8) is 0 Å². The van der Waals surface area contributed by atoms with Crippen LogP contribution in [0.25, 0.3) is 0 Å². The van der Waals surface area contributed by atoms with Crippen molar-refractivity contribution in [1.29, 1.82) is 0 Å². The number of likely N-dealkylation sites (tertiary alicyclic amines) is 1. The number of anilines is 1. The molecule has 27 heavy (non-hydrogen) atoms. The summed E-state index contributed by atoms with van der Waals surface area (Å²) in [5.74, 6) is 0. The average Bonchev–Trinajstić information content (AvgIpc) is 2.69. The summed E-state index contributed by atoms with van der Waals surface area (Å²) in [6, 6.07) is 6.23. The first kappa shape index (κ1) is 20.1. The fourth-order valence-corrected chi connectivity index (χ4v) is 4.87. The van der Waals surface area contributed by atoms with Crippen molar-refractivity contribution in [2.24, 2.45) is 0 Å². The second-order valence-electron chi connectivity index (χ2n) is 6.85. The van der Waals surface area contributed by atoms with Gasteiger partial charge in [-0.3, -0.25) is 0 Å². The number of hydrogen-bond donors (Lipinski definition) is 2. The lowest BCUT2D eigenvalue weighted by Gasteiger charge is -2.31. The number of benzene rings is 1. The Morgan fingerprint density at radius 3 is 2.56 bits per heavy atom. The van der Waals surface area contributed by atoms with Gasteiger partial charge < -0.3 is 20.3 Å². The summed E-state index contributed by atoms with van der Waals surface area (Å²) in [5, 5.41) is 5.74. The van der Waals surface area contributed by atoms with Crippen LogP contribution in [-0.2, 0) is 14.8 Å². The van der Waals surface area contributed by atoms with Crippen LogP contribution in [0, 0.1) is 0 Å². The van der Waals surface area contributed by atoms with Crippen molar-refractivity contribution < 1.29 is 17.9 Å². The Morgan fingerprint density at radius 1 is 1.19 bits per heavy atom. The van der Waals surface area contributed by atoms with E-state index in [1.807, 2.05) is 0 Å². The van der Waals surface area contributed by atoms with Crippen LogP contribution in [0.2, 0.25) is 0 Å². The van der Waals surface area contributed by atoms with Gasteiger partial charge >= 0.3 is 6.03 Å². The molecule has 2 heterocycles. The quantitative estimate of drug-likeness (QED) is 0.783. The summed E-state index contributed by atoms with van der Waals surface area (Å²) < 4.78 is 32.1. The first-order valence-corrected chi connectivity index (χ1v) is 10.9. The van der Waals surface area contributed by atoms with Crippen LogP contribution in [0.15, 0.2) is 29.2 Å². The van der Waals surface area contributed by atoms with Crippen molar-refractivity contribution in [2.45, 2.75) is 30.7 Å². The number of nitrogens with zero attached hydrogens (tertiary/aromatic N) is 2. The number of piperidine rings is 1. The SMILES string of the molecule is CCN1CCC(NC(=O)Nc2cccc(S(=O)(=O)N3CCOCC3)c2)CC1. The van der Waals surface area contributed by atoms with E-state index in [1.165, 1.54) is 10.4 Å². The highest BCUT2D eigenvalue weighted by molar-refractivity contribution is 7.89. The van der Waals surface area contributed by atoms with Gasteiger partial charge in [0, 0.05) is 37.9 Å². The predicted molar refractivity (Wildman–Crippen MR) is 103 cm³/mol. The zero-order valence-corrected chi connectivity index (χ0v) is 16.5. The van der Waals surface area contributed by atoms with Gasteiger partial charge in [0.15, 0.2) is 0 Å². The fourth-order valence-electron chi connectivity index (χ4n) is 3.42. The van der Waals surface area contributed by atoms with Gasteiger partial charge in [-0.25, -0.2) is 13.2 Å². The van der Waals surface area contributed by atoms with Crippen LogP contribution < -0.4 is 10.6 Å². The number of carbonyl (C=O) groups excluding carboxylic acids is 1. The second-order valence-corrected chi connectivity index (χ2v) is 8.79. The molecule has 2 saturated heterocycles. The van der Waals surface area contributed by atoms with E-state index in [1.54, 1.807) is 18.2 Å². The third-order valence-corrected chi connectivity index (χ3v) is 6.96. The molecule has 1 aromatic carbocycles. The van der Waals surface area contributed by atoms with Crippen molar-refractivity contribution >= 4 is 21.7 Å². The molecule has 2 N–H and O–H groups in total. The molecule has 0 aliphatic carbocycles. The number of carbonyl (C=O) groups is 1. The lowest BCUT2D eigenvalue weighted by molar-refractivity contribution is 0.0730. The van der Waals surface area contributed by atoms with E-state index < -0.39 is 10.0 Å². The van der Waals surface area contributed by atoms with Crippen molar-refractivity contribution in [1.82, 2.24) is 14.5 Å². The minimum atomic E-state index is -3.58. The molecule has 2 aliphatic heterocycles. The van der Waals surface area contributed by atoms with Gasteiger partial charge in [-0.05, 0) is 37.6 Å². The first-order valence-electron chi connectivity index (χ1n) is 9.47. The minimum Gasteiger partial charge on any atom is -0.379 e. The molecule has 2 aliphatic rings. The third kappa shape index (κ3) is 5.19. The van der Waals surface area contributed by atoms with E-state index >= 15 is 0 Å². The summed E-state index contributed by atoms with van der Waals surface area (Å²) in [6.45, 7) is 6.62. The van der Waals surface area contributed by atoms with E-state index in [-0.39, 0.29) is 17.0 Å². The van der Waals surface area contributed by atoms with Crippen LogP contribution in [0.4, 0.5) is 10.5 Å². The molecule has 0 aromatic heterocycles. The fraction of sp³-hybridized carbons (Fsp3) is 0.611. The summed E-state index contributed by atoms with van der Waals surface area (Å²) in [5.41, 5.74) is 0.466. The molecular formula is C18H28N4O4S. The number of morpholine rings is 1. The Hall–Kier alpha value is -1.68. The highest BCUT2D eigenvalue weighted by atomic mass is 32.2. The molecule has 0 spiro atoms. The maximum absolute atomic E-state index is 12.7. The Labute approximate surface area is 160 Å². The van der Waals surface area contributed by atoms with Crippen LogP contribution in [0.5, 0.6) is 0 Å². The standard InChI is InChI=1S/C18H28N4O4S/c1-2-21-8-6-15(7-9-21)19-18(23)20-16-4-3-5-17(14-16)27(24,25)22-10-12-26-13-11-22/h3-5,14-15H,2,6-13H2,1H3,(H2,19,20,23). The summed E-state index contributed by atoms with van der Waals surface area (Å²) in [7, 11) is -3.58. The normalized spacial score (nSPS) is 20.3. The molecule has 0 atom stereocenters. The second kappa shape index (κ2) is 9.01. The Morgan fingerprint density at radius 2 is 1.89 bits per heavy atom. The van der Waals surface area contributed by atoms with Crippen LogP contribution >= 0.6 is 0 Å². The Balaban J connectivity index is 1.59. The maximum atomic E-state index is 12.7. The van der Waals surface area contributed by atoms with E-state index in [0.717, 1.165) is 32.5 Å². The van der Waals surface area contributed by atoms with E-state index in [0.29, 0.717) is 32.0 Å². The lowest BCUT2D eigenvalue weighted by atomic mass is 10.1. The molecule has 8 nitrogen and oxygen atoms in total. The number of ether oxygens (including phenoxy) is 1. The van der Waals surface area contributed by atoms with Crippen LogP contribution in [0.3, 0.4) is 0 Å². The van der Waals surface area contributed by atoms with E-state index in [4.69, 9.17) is 4.74 Å². The summed E-state index contributed by atoms with van der Waals surface area (Å²) in [6.07, 6.45) is 1.85. The lowest BCUT2D eigenvalue weighted by Crippen LogP contribution is -2.45. The van der Waals surface area contributed by atoms with E-state index in [9.17, 15) is 13.2 Å². The number of rotatable bonds is 5. The van der Waals surface area contributed by atoms with E-state index in [2.05, 4.69) is 22.5 Å². The third-order valence-electron chi connectivity index (χ3n) is 5.07. The number of amides is 2. The zero-order chi connectivity index (χ0) is 19.3. The molecule has 1 aromatic rings. The molecule has 9 heteroatoms. The first-order chi connectivity index (χ1) is 13.0. The van der Waals surface area contributed by atoms with Gasteiger partial charge in [-0.1, -0.05) is 13.0 Å². The topological polar surface area (TPSA) is 91.0 Å². The van der Waals surface area contributed by atoms with Crippen LogP contribution in [0.1, 0.15) is 19.8 Å². The Bertz CT molecular complexity index is 741. The van der Waals surface area contributed by atoms with Crippen molar-refractivity contribution in [3.8, 4) is 0 Å². The Kier molecular flexibility index (Phi) is 6.69. The molecule has 0 saturated carbocycles. The van der Waals surface area contributed by atoms with Gasteiger partial charge in [0.25, 0.3) is 0 Å². The van der Waals surface area contributed by atoms with Gasteiger partial charge in [0.2, 0.25) is 10.0 Å². The van der Waals surface area contributed by atoms with Crippen molar-refractivity contribution in [3.05, 3.63) is 24.3 Å². The van der Waals surface area contributed by atoms with Gasteiger partial charge in [0.05, 0.1) is 18.1 Å². The average molecular weight is 397 g/mol. The molecule has 0 unspecified atom stereocenters. The molecule has 150 valence electrons. The molecule has 0 bridgehead atoms. The zero-order valence-electron chi connectivity index (χ0n) is 15.7. The smallest absolute Gasteiger partial charge is 0.319 e. The summed E-state index contributed by atoms with van der Waals surface area (Å²) in [4.78, 5) is 14.8. The predicted octanol–water partition coefficient (Wildman–Crippen LogP) is 1.31. The van der Waals surface area contributed by atoms with Gasteiger partial charge in [-0.15, -0.1) is 0 Å². The maximum Gasteiger partial charge on any atom is 0.319 e. The largest absolute Gasteiger partial charge is 0.379 e.